The van der Waals surface area contributed by atoms with Crippen molar-refractivity contribution in [3.05, 3.63) is 94.3 Å². The lowest BCUT2D eigenvalue weighted by Crippen LogP contribution is -2.40. The van der Waals surface area contributed by atoms with Gasteiger partial charge in [0.1, 0.15) is 5.82 Å². The maximum atomic E-state index is 14.0. The van der Waals surface area contributed by atoms with Crippen LogP contribution in [0.15, 0.2) is 71.8 Å². The number of carbonyl (C=O) groups excluding carboxylic acids is 1. The molecular weight excluding hydrogens is 437 g/mol. The van der Waals surface area contributed by atoms with Crippen molar-refractivity contribution >= 4 is 22.8 Å². The van der Waals surface area contributed by atoms with Crippen LogP contribution in [0, 0.1) is 5.82 Å². The number of anilines is 1. The van der Waals surface area contributed by atoms with Crippen LogP contribution in [0.4, 0.5) is 10.3 Å². The van der Waals surface area contributed by atoms with Crippen LogP contribution in [0.2, 0.25) is 0 Å². The number of hydrogen-bond acceptors (Lipinski definition) is 6. The minimum absolute atomic E-state index is 0.275. The van der Waals surface area contributed by atoms with Crippen LogP contribution >= 0.6 is 0 Å². The Hall–Kier alpha value is -4.11. The van der Waals surface area contributed by atoms with Gasteiger partial charge in [-0.3, -0.25) is 14.6 Å². The third-order valence-corrected chi connectivity index (χ3v) is 5.68. The minimum Gasteiger partial charge on any atom is -0.378 e. The number of pyridine rings is 1. The van der Waals surface area contributed by atoms with E-state index in [1.165, 1.54) is 16.7 Å². The van der Waals surface area contributed by atoms with Crippen LogP contribution in [0.5, 0.6) is 0 Å². The Morgan fingerprint density at radius 2 is 1.85 bits per heavy atom. The molecule has 4 aromatic rings. The van der Waals surface area contributed by atoms with Gasteiger partial charge in [-0.25, -0.2) is 13.9 Å². The van der Waals surface area contributed by atoms with Crippen molar-refractivity contribution in [1.82, 2.24) is 19.9 Å². The van der Waals surface area contributed by atoms with Gasteiger partial charge in [-0.1, -0.05) is 6.07 Å². The highest BCUT2D eigenvalue weighted by molar-refractivity contribution is 5.97. The molecule has 1 N–H and O–H groups in total. The third kappa shape index (κ3) is 4.38. The first-order valence-electron chi connectivity index (χ1n) is 10.9. The molecule has 0 spiro atoms. The summed E-state index contributed by atoms with van der Waals surface area (Å²) in [6.45, 7) is 2.43. The summed E-state index contributed by atoms with van der Waals surface area (Å²) in [6, 6.07) is 14.3. The number of aromatic nitrogens is 3. The summed E-state index contributed by atoms with van der Waals surface area (Å²) in [5.74, 6) is -0.331. The van der Waals surface area contributed by atoms with Gasteiger partial charge in [0.2, 0.25) is 5.95 Å². The molecule has 0 bridgehead atoms. The quantitative estimate of drug-likeness (QED) is 0.494. The van der Waals surface area contributed by atoms with E-state index in [4.69, 9.17) is 9.72 Å². The zero-order valence-corrected chi connectivity index (χ0v) is 18.3. The van der Waals surface area contributed by atoms with E-state index < -0.39 is 5.82 Å². The largest absolute Gasteiger partial charge is 0.378 e. The summed E-state index contributed by atoms with van der Waals surface area (Å²) < 4.78 is 20.9. The molecule has 1 amide bonds. The highest BCUT2D eigenvalue weighted by atomic mass is 19.1. The molecule has 34 heavy (non-hydrogen) atoms. The molecule has 2 aromatic carbocycles. The van der Waals surface area contributed by atoms with Gasteiger partial charge in [0.25, 0.3) is 11.5 Å². The van der Waals surface area contributed by atoms with Crippen molar-refractivity contribution in [3.63, 3.8) is 0 Å². The Morgan fingerprint density at radius 3 is 2.62 bits per heavy atom. The van der Waals surface area contributed by atoms with Gasteiger partial charge in [-0.15, -0.1) is 0 Å². The van der Waals surface area contributed by atoms with E-state index in [1.54, 1.807) is 42.7 Å². The van der Waals surface area contributed by atoms with Crippen molar-refractivity contribution < 1.29 is 13.9 Å². The van der Waals surface area contributed by atoms with E-state index in [0.29, 0.717) is 61.0 Å². The summed E-state index contributed by atoms with van der Waals surface area (Å²) in [4.78, 5) is 36.9. The van der Waals surface area contributed by atoms with E-state index in [9.17, 15) is 14.0 Å². The lowest BCUT2D eigenvalue weighted by Gasteiger charge is -2.30. The van der Waals surface area contributed by atoms with Crippen LogP contribution < -0.4 is 15.8 Å². The normalized spacial score (nSPS) is 13.7. The number of rotatable bonds is 5. The number of morpholine rings is 1. The monoisotopic (exact) mass is 459 g/mol. The first kappa shape index (κ1) is 21.7. The number of hydrogen-bond donors (Lipinski definition) is 1. The number of nitrogens with one attached hydrogen (secondary N) is 1. The van der Waals surface area contributed by atoms with Gasteiger partial charge >= 0.3 is 0 Å². The summed E-state index contributed by atoms with van der Waals surface area (Å²) >= 11 is 0. The molecule has 0 unspecified atom stereocenters. The number of carbonyl (C=O) groups is 1. The Morgan fingerprint density at radius 1 is 1.06 bits per heavy atom. The number of nitrogens with zero attached hydrogens (tertiary/aromatic N) is 4. The average molecular weight is 459 g/mol. The van der Waals surface area contributed by atoms with Crippen molar-refractivity contribution in [3.8, 4) is 5.69 Å². The fourth-order valence-corrected chi connectivity index (χ4v) is 3.92. The Balaban J connectivity index is 1.56. The van der Waals surface area contributed by atoms with Crippen LogP contribution in [0.1, 0.15) is 15.9 Å². The molecule has 0 radical (unpaired) electrons. The highest BCUT2D eigenvalue weighted by Gasteiger charge is 2.21. The van der Waals surface area contributed by atoms with E-state index >= 15 is 0 Å². The summed E-state index contributed by atoms with van der Waals surface area (Å²) in [5.41, 5.74) is 1.77. The molecule has 1 saturated heterocycles. The maximum absolute atomic E-state index is 14.0. The SMILES string of the molecule is O=C(NCc1ccncc1)c1ccc2c(=O)n(-c3cccc(F)c3)c(N3CCOCC3)nc2c1. The third-order valence-electron chi connectivity index (χ3n) is 5.68. The molecule has 0 atom stereocenters. The van der Waals surface area contributed by atoms with Crippen LogP contribution in [-0.2, 0) is 11.3 Å². The molecule has 1 fully saturated rings. The smallest absolute Gasteiger partial charge is 0.267 e. The van der Waals surface area contributed by atoms with E-state index in [2.05, 4.69) is 10.3 Å². The molecule has 1 aliphatic rings. The maximum Gasteiger partial charge on any atom is 0.267 e. The van der Waals surface area contributed by atoms with Crippen LogP contribution in [0.3, 0.4) is 0 Å². The molecule has 0 aliphatic carbocycles. The fraction of sp³-hybridized carbons (Fsp3) is 0.200. The van der Waals surface area contributed by atoms with Crippen molar-refractivity contribution in [2.45, 2.75) is 6.54 Å². The first-order valence-corrected chi connectivity index (χ1v) is 10.9. The van der Waals surface area contributed by atoms with E-state index in [-0.39, 0.29) is 11.5 Å². The molecule has 3 heterocycles. The average Bonchev–Trinajstić information content (AvgIpc) is 2.88. The first-order chi connectivity index (χ1) is 16.6. The second-order valence-electron chi connectivity index (χ2n) is 7.90. The lowest BCUT2D eigenvalue weighted by molar-refractivity contribution is 0.0951. The standard InChI is InChI=1S/C25H22FN5O3/c26-19-2-1-3-20(15-19)31-24(33)21-5-4-18(23(32)28-16-17-6-8-27-9-7-17)14-22(21)29-25(31)30-10-12-34-13-11-30/h1-9,14-15H,10-13,16H2,(H,28,32). The predicted molar refractivity (Wildman–Crippen MR) is 126 cm³/mol. The molecule has 2 aromatic heterocycles. The summed E-state index contributed by atoms with van der Waals surface area (Å²) in [7, 11) is 0. The van der Waals surface area contributed by atoms with Gasteiger partial charge in [-0.2, -0.15) is 0 Å². The number of fused-ring (bicyclic) bond motifs is 1. The second kappa shape index (κ2) is 9.40. The molecular formula is C25H22FN5O3. The Bertz CT molecular complexity index is 1400. The topological polar surface area (TPSA) is 89.4 Å². The van der Waals surface area contributed by atoms with Crippen molar-refractivity contribution in [2.75, 3.05) is 31.2 Å². The van der Waals surface area contributed by atoms with Gasteiger partial charge in [0.15, 0.2) is 0 Å². The van der Waals surface area contributed by atoms with E-state index in [0.717, 1.165) is 5.56 Å². The van der Waals surface area contributed by atoms with Crippen LogP contribution in [-0.4, -0.2) is 46.7 Å². The lowest BCUT2D eigenvalue weighted by atomic mass is 10.1. The summed E-state index contributed by atoms with van der Waals surface area (Å²) in [5, 5.41) is 3.21. The van der Waals surface area contributed by atoms with Gasteiger partial charge in [-0.05, 0) is 54.1 Å². The summed E-state index contributed by atoms with van der Waals surface area (Å²) in [6.07, 6.45) is 3.33. The Labute approximate surface area is 194 Å². The number of amides is 1. The predicted octanol–water partition coefficient (Wildman–Crippen LogP) is 2.69. The molecule has 1 aliphatic heterocycles. The molecule has 0 saturated carbocycles. The van der Waals surface area contributed by atoms with E-state index in [1.807, 2.05) is 17.0 Å². The molecule has 5 rings (SSSR count). The Kier molecular flexibility index (Phi) is 6.01. The van der Waals surface area contributed by atoms with Crippen LogP contribution in [0.25, 0.3) is 16.6 Å². The molecule has 9 heteroatoms. The molecule has 172 valence electrons. The van der Waals surface area contributed by atoms with Crippen molar-refractivity contribution in [2.24, 2.45) is 0 Å². The minimum atomic E-state index is -0.446. The highest BCUT2D eigenvalue weighted by Crippen LogP contribution is 2.22. The zero-order valence-electron chi connectivity index (χ0n) is 18.3. The number of benzene rings is 2. The molecule has 8 nitrogen and oxygen atoms in total. The fourth-order valence-electron chi connectivity index (χ4n) is 3.92. The van der Waals surface area contributed by atoms with Gasteiger partial charge < -0.3 is 15.0 Å². The zero-order chi connectivity index (χ0) is 23.5. The number of halogens is 1. The number of ether oxygens (including phenoxy) is 1. The van der Waals surface area contributed by atoms with Gasteiger partial charge in [0, 0.05) is 37.6 Å². The van der Waals surface area contributed by atoms with Gasteiger partial charge in [0.05, 0.1) is 29.8 Å². The van der Waals surface area contributed by atoms with Crippen molar-refractivity contribution in [1.29, 1.82) is 0 Å². The second-order valence-corrected chi connectivity index (χ2v) is 7.90.